The van der Waals surface area contributed by atoms with Crippen LogP contribution in [0.4, 0.5) is 11.4 Å². The number of methoxy groups -OCH3 is 1. The lowest BCUT2D eigenvalue weighted by Crippen LogP contribution is -2.44. The van der Waals surface area contributed by atoms with Gasteiger partial charge in [0.2, 0.25) is 5.91 Å². The number of anilines is 2. The van der Waals surface area contributed by atoms with Crippen LogP contribution in [0.1, 0.15) is 18.9 Å². The molecule has 7 heteroatoms. The Morgan fingerprint density at radius 3 is 2.65 bits per heavy atom. The van der Waals surface area contributed by atoms with E-state index < -0.39 is 0 Å². The molecule has 1 N–H and O–H groups in total. The van der Waals surface area contributed by atoms with Gasteiger partial charge in [-0.3, -0.25) is 4.79 Å². The second kappa shape index (κ2) is 11.1. The molecule has 0 bridgehead atoms. The van der Waals surface area contributed by atoms with Crippen LogP contribution in [-0.2, 0) is 4.79 Å². The second-order valence-corrected chi connectivity index (χ2v) is 7.92. The summed E-state index contributed by atoms with van der Waals surface area (Å²) >= 11 is 6.36. The van der Waals surface area contributed by atoms with Gasteiger partial charge < -0.3 is 24.6 Å². The number of nitrogens with one attached hydrogen (secondary N) is 1. The van der Waals surface area contributed by atoms with Crippen molar-refractivity contribution >= 4 is 35.0 Å². The monoisotopic (exact) mass is 443 g/mol. The molecule has 1 fully saturated rings. The van der Waals surface area contributed by atoms with Gasteiger partial charge in [-0.25, -0.2) is 0 Å². The van der Waals surface area contributed by atoms with Crippen LogP contribution in [0, 0.1) is 0 Å². The van der Waals surface area contributed by atoms with Crippen molar-refractivity contribution in [2.24, 2.45) is 0 Å². The summed E-state index contributed by atoms with van der Waals surface area (Å²) in [5.41, 5.74) is 2.60. The lowest BCUT2D eigenvalue weighted by molar-refractivity contribution is -0.111. The molecule has 0 aromatic heterocycles. The Kier molecular flexibility index (Phi) is 8.20. The van der Waals surface area contributed by atoms with E-state index in [0.29, 0.717) is 23.1 Å². The maximum atomic E-state index is 12.6. The molecule has 1 aliphatic heterocycles. The van der Waals surface area contributed by atoms with E-state index in [1.54, 1.807) is 25.3 Å². The van der Waals surface area contributed by atoms with Gasteiger partial charge in [0.05, 0.1) is 30.1 Å². The van der Waals surface area contributed by atoms with Crippen molar-refractivity contribution in [1.29, 1.82) is 0 Å². The number of ether oxygens (including phenoxy) is 2. The molecule has 1 amide bonds. The first-order valence-corrected chi connectivity index (χ1v) is 10.9. The summed E-state index contributed by atoms with van der Waals surface area (Å²) in [6.07, 6.45) is 4.08. The number of piperazine rings is 1. The molecule has 0 saturated carbocycles. The molecule has 166 valence electrons. The second-order valence-electron chi connectivity index (χ2n) is 7.51. The quantitative estimate of drug-likeness (QED) is 0.607. The minimum absolute atomic E-state index is 0.206. The number of carbonyl (C=O) groups excluding carboxylic acids is 1. The number of para-hydroxylation sites is 2. The van der Waals surface area contributed by atoms with Crippen LogP contribution in [0.3, 0.4) is 0 Å². The molecule has 31 heavy (non-hydrogen) atoms. The van der Waals surface area contributed by atoms with Crippen LogP contribution in [0.2, 0.25) is 5.02 Å². The third kappa shape index (κ3) is 6.15. The fraction of sp³-hybridized carbons (Fsp3) is 0.375. The summed E-state index contributed by atoms with van der Waals surface area (Å²) in [5, 5.41) is 3.45. The number of hydrogen-bond acceptors (Lipinski definition) is 5. The zero-order valence-electron chi connectivity index (χ0n) is 18.4. The van der Waals surface area contributed by atoms with Crippen molar-refractivity contribution in [3.63, 3.8) is 0 Å². The van der Waals surface area contributed by atoms with Crippen LogP contribution in [-0.4, -0.2) is 57.8 Å². The Labute approximate surface area is 189 Å². The Morgan fingerprint density at radius 1 is 1.19 bits per heavy atom. The molecule has 0 radical (unpaired) electrons. The summed E-state index contributed by atoms with van der Waals surface area (Å²) in [5.74, 6) is 0.859. The standard InChI is InChI=1S/C24H30ClN3O3/c1-4-15-31-24-19(25)16-18(17-22(24)30-3)9-10-23(29)26-20-7-5-6-8-21(20)28-13-11-27(2)12-14-28/h5-10,16-17H,4,11-15H2,1-3H3,(H,26,29)/b10-9+. The SMILES string of the molecule is CCCOc1c(Cl)cc(/C=C/C(=O)Nc2ccccc2N2CCN(C)CC2)cc1OC. The molecular formula is C24H30ClN3O3. The molecule has 2 aromatic rings. The normalized spacial score (nSPS) is 14.6. The molecule has 0 spiro atoms. The fourth-order valence-electron chi connectivity index (χ4n) is 3.43. The van der Waals surface area contributed by atoms with E-state index in [2.05, 4.69) is 22.2 Å². The largest absolute Gasteiger partial charge is 0.493 e. The summed E-state index contributed by atoms with van der Waals surface area (Å²) in [4.78, 5) is 17.2. The molecule has 3 rings (SSSR count). The van der Waals surface area contributed by atoms with Crippen molar-refractivity contribution in [3.8, 4) is 11.5 Å². The number of nitrogens with zero attached hydrogens (tertiary/aromatic N) is 2. The minimum atomic E-state index is -0.206. The lowest BCUT2D eigenvalue weighted by Gasteiger charge is -2.35. The van der Waals surface area contributed by atoms with Gasteiger partial charge in [-0.15, -0.1) is 0 Å². The maximum absolute atomic E-state index is 12.6. The van der Waals surface area contributed by atoms with Crippen molar-refractivity contribution in [2.45, 2.75) is 13.3 Å². The van der Waals surface area contributed by atoms with Crippen LogP contribution in [0.15, 0.2) is 42.5 Å². The van der Waals surface area contributed by atoms with E-state index in [1.807, 2.05) is 31.2 Å². The van der Waals surface area contributed by atoms with Gasteiger partial charge in [0.15, 0.2) is 11.5 Å². The van der Waals surface area contributed by atoms with Gasteiger partial charge in [0.25, 0.3) is 0 Å². The van der Waals surface area contributed by atoms with Crippen LogP contribution >= 0.6 is 11.6 Å². The predicted octanol–water partition coefficient (Wildman–Crippen LogP) is 4.54. The zero-order valence-corrected chi connectivity index (χ0v) is 19.1. The first kappa shape index (κ1) is 23.0. The summed E-state index contributed by atoms with van der Waals surface area (Å²) < 4.78 is 11.1. The van der Waals surface area contributed by atoms with Crippen LogP contribution < -0.4 is 19.7 Å². The first-order chi connectivity index (χ1) is 15.0. The third-order valence-electron chi connectivity index (χ3n) is 5.14. The van der Waals surface area contributed by atoms with Crippen molar-refractivity contribution in [1.82, 2.24) is 4.90 Å². The molecule has 1 heterocycles. The number of amides is 1. The Bertz CT molecular complexity index is 924. The van der Waals surface area contributed by atoms with E-state index >= 15 is 0 Å². The van der Waals surface area contributed by atoms with E-state index in [0.717, 1.165) is 49.5 Å². The van der Waals surface area contributed by atoms with Gasteiger partial charge in [0, 0.05) is 32.3 Å². The Balaban J connectivity index is 1.71. The third-order valence-corrected chi connectivity index (χ3v) is 5.42. The van der Waals surface area contributed by atoms with Crippen LogP contribution in [0.25, 0.3) is 6.08 Å². The van der Waals surface area contributed by atoms with Gasteiger partial charge >= 0.3 is 0 Å². The number of carbonyl (C=O) groups is 1. The molecule has 0 unspecified atom stereocenters. The molecule has 1 aliphatic rings. The highest BCUT2D eigenvalue weighted by Crippen LogP contribution is 2.37. The number of halogens is 1. The van der Waals surface area contributed by atoms with Crippen molar-refractivity contribution in [2.75, 3.05) is 57.2 Å². The average Bonchev–Trinajstić information content (AvgIpc) is 2.77. The van der Waals surface area contributed by atoms with E-state index in [-0.39, 0.29) is 5.91 Å². The smallest absolute Gasteiger partial charge is 0.248 e. The fourth-order valence-corrected chi connectivity index (χ4v) is 3.70. The average molecular weight is 444 g/mol. The number of hydrogen-bond donors (Lipinski definition) is 1. The van der Waals surface area contributed by atoms with E-state index in [9.17, 15) is 4.79 Å². The minimum Gasteiger partial charge on any atom is -0.493 e. The molecule has 0 aliphatic carbocycles. The molecule has 0 atom stereocenters. The summed E-state index contributed by atoms with van der Waals surface area (Å²) in [6.45, 7) is 6.46. The van der Waals surface area contributed by atoms with Gasteiger partial charge in [0.1, 0.15) is 0 Å². The van der Waals surface area contributed by atoms with E-state index in [4.69, 9.17) is 21.1 Å². The van der Waals surface area contributed by atoms with Crippen molar-refractivity contribution < 1.29 is 14.3 Å². The molecule has 2 aromatic carbocycles. The highest BCUT2D eigenvalue weighted by atomic mass is 35.5. The summed E-state index contributed by atoms with van der Waals surface area (Å²) in [7, 11) is 3.69. The van der Waals surface area contributed by atoms with Crippen molar-refractivity contribution in [3.05, 3.63) is 53.1 Å². The lowest BCUT2D eigenvalue weighted by atomic mass is 10.1. The predicted molar refractivity (Wildman–Crippen MR) is 128 cm³/mol. The zero-order chi connectivity index (χ0) is 22.2. The number of rotatable bonds is 8. The van der Waals surface area contributed by atoms with Gasteiger partial charge in [-0.1, -0.05) is 30.7 Å². The molecule has 1 saturated heterocycles. The molecular weight excluding hydrogens is 414 g/mol. The highest BCUT2D eigenvalue weighted by molar-refractivity contribution is 6.32. The van der Waals surface area contributed by atoms with E-state index in [1.165, 1.54) is 6.08 Å². The molecule has 6 nitrogen and oxygen atoms in total. The number of likely N-dealkylation sites (N-methyl/N-ethyl adjacent to an activating group) is 1. The Hall–Kier alpha value is -2.70. The maximum Gasteiger partial charge on any atom is 0.248 e. The Morgan fingerprint density at radius 2 is 1.94 bits per heavy atom. The highest BCUT2D eigenvalue weighted by Gasteiger charge is 2.17. The van der Waals surface area contributed by atoms with Gasteiger partial charge in [-0.2, -0.15) is 0 Å². The topological polar surface area (TPSA) is 54.0 Å². The van der Waals surface area contributed by atoms with Crippen LogP contribution in [0.5, 0.6) is 11.5 Å². The first-order valence-electron chi connectivity index (χ1n) is 10.5. The van der Waals surface area contributed by atoms with Gasteiger partial charge in [-0.05, 0) is 49.4 Å². The summed E-state index contributed by atoms with van der Waals surface area (Å²) in [6, 6.07) is 11.5. The number of benzene rings is 2.